The molecule has 1 amide bonds. The molecule has 2 aromatic heterocycles. The lowest BCUT2D eigenvalue weighted by Crippen LogP contribution is -2.16. The number of carbonyl (C=O) groups excluding carboxylic acids is 1. The molecular weight excluding hydrogens is 350 g/mol. The van der Waals surface area contributed by atoms with Gasteiger partial charge in [-0.2, -0.15) is 0 Å². The van der Waals surface area contributed by atoms with Gasteiger partial charge in [0, 0.05) is 23.5 Å². The first-order valence-electron chi connectivity index (χ1n) is 9.04. The Morgan fingerprint density at radius 2 is 1.64 bits per heavy atom. The van der Waals surface area contributed by atoms with Gasteiger partial charge < -0.3 is 10.5 Å². The number of carbonyl (C=O) groups is 1. The third-order valence-corrected chi connectivity index (χ3v) is 4.57. The van der Waals surface area contributed by atoms with E-state index in [0.717, 1.165) is 40.6 Å². The zero-order valence-corrected chi connectivity index (χ0v) is 15.2. The Hall–Kier alpha value is -3.73. The van der Waals surface area contributed by atoms with Crippen molar-refractivity contribution < 1.29 is 9.53 Å². The van der Waals surface area contributed by atoms with Gasteiger partial charge in [0.1, 0.15) is 5.75 Å². The predicted octanol–water partition coefficient (Wildman–Crippen LogP) is 4.54. The van der Waals surface area contributed by atoms with Crippen LogP contribution in [-0.2, 0) is 12.8 Å². The molecule has 0 saturated carbocycles. The molecule has 0 atom stereocenters. The summed E-state index contributed by atoms with van der Waals surface area (Å²) in [7, 11) is 0. The highest BCUT2D eigenvalue weighted by Gasteiger charge is 2.09. The van der Waals surface area contributed by atoms with Crippen LogP contribution in [0.4, 0.5) is 4.79 Å². The van der Waals surface area contributed by atoms with Crippen LogP contribution >= 0.6 is 0 Å². The van der Waals surface area contributed by atoms with Crippen LogP contribution in [0.25, 0.3) is 22.0 Å². The number of nitrogens with two attached hydrogens (primary N) is 1. The second-order valence-electron chi connectivity index (χ2n) is 6.48. The number of ether oxygens (including phenoxy) is 1. The van der Waals surface area contributed by atoms with Crippen molar-refractivity contribution in [3.8, 4) is 16.9 Å². The summed E-state index contributed by atoms with van der Waals surface area (Å²) >= 11 is 0. The van der Waals surface area contributed by atoms with Crippen molar-refractivity contribution in [2.24, 2.45) is 5.73 Å². The molecule has 0 radical (unpaired) electrons. The van der Waals surface area contributed by atoms with E-state index in [0.29, 0.717) is 5.75 Å². The van der Waals surface area contributed by atoms with Gasteiger partial charge in [-0.05, 0) is 59.9 Å². The van der Waals surface area contributed by atoms with E-state index in [2.05, 4.69) is 28.2 Å². The van der Waals surface area contributed by atoms with Crippen molar-refractivity contribution >= 4 is 17.0 Å². The molecule has 0 unspecified atom stereocenters. The zero-order chi connectivity index (χ0) is 19.3. The van der Waals surface area contributed by atoms with E-state index in [-0.39, 0.29) is 0 Å². The lowest BCUT2D eigenvalue weighted by atomic mass is 10.0. The molecular formula is C23H19N3O2. The minimum atomic E-state index is -0.843. The van der Waals surface area contributed by atoms with E-state index in [1.807, 2.05) is 48.7 Å². The Kier molecular flexibility index (Phi) is 4.97. The molecule has 2 aromatic carbocycles. The highest BCUT2D eigenvalue weighted by Crippen LogP contribution is 2.29. The Morgan fingerprint density at radius 1 is 0.857 bits per heavy atom. The maximum atomic E-state index is 11.2. The van der Waals surface area contributed by atoms with E-state index >= 15 is 0 Å². The predicted molar refractivity (Wildman–Crippen MR) is 109 cm³/mol. The van der Waals surface area contributed by atoms with Gasteiger partial charge in [0.25, 0.3) is 0 Å². The highest BCUT2D eigenvalue weighted by atomic mass is 16.5. The fraction of sp³-hybridized carbons (Fsp3) is 0.0870. The number of hydrogen-bond donors (Lipinski definition) is 1. The van der Waals surface area contributed by atoms with E-state index < -0.39 is 6.09 Å². The van der Waals surface area contributed by atoms with Crippen LogP contribution in [-0.4, -0.2) is 16.1 Å². The number of rotatable bonds is 5. The van der Waals surface area contributed by atoms with Crippen molar-refractivity contribution in [3.05, 3.63) is 90.4 Å². The van der Waals surface area contributed by atoms with Crippen molar-refractivity contribution in [3.63, 3.8) is 0 Å². The van der Waals surface area contributed by atoms with E-state index in [1.165, 1.54) is 5.56 Å². The second-order valence-corrected chi connectivity index (χ2v) is 6.48. The number of amides is 1. The summed E-state index contributed by atoms with van der Waals surface area (Å²) < 4.78 is 5.12. The van der Waals surface area contributed by atoms with Gasteiger partial charge in [0.15, 0.2) is 0 Å². The molecule has 5 nitrogen and oxygen atoms in total. The maximum Gasteiger partial charge on any atom is 0.409 e. The molecule has 0 spiro atoms. The Labute approximate surface area is 162 Å². The quantitative estimate of drug-likeness (QED) is 0.560. The molecule has 0 aliphatic carbocycles. The number of pyridine rings is 2. The molecule has 0 saturated heterocycles. The molecule has 2 N–H and O–H groups in total. The van der Waals surface area contributed by atoms with E-state index in [1.54, 1.807) is 12.3 Å². The van der Waals surface area contributed by atoms with Gasteiger partial charge in [-0.15, -0.1) is 0 Å². The Balaban J connectivity index is 1.63. The second kappa shape index (κ2) is 7.88. The maximum absolute atomic E-state index is 11.2. The fourth-order valence-electron chi connectivity index (χ4n) is 3.21. The van der Waals surface area contributed by atoms with Crippen LogP contribution in [0.5, 0.6) is 5.75 Å². The molecule has 0 bridgehead atoms. The van der Waals surface area contributed by atoms with Crippen molar-refractivity contribution in [1.29, 1.82) is 0 Å². The summed E-state index contributed by atoms with van der Waals surface area (Å²) in [5, 5.41) is 0.737. The molecule has 4 rings (SSSR count). The highest BCUT2D eigenvalue weighted by molar-refractivity contribution is 5.90. The first-order valence-corrected chi connectivity index (χ1v) is 9.04. The zero-order valence-electron chi connectivity index (χ0n) is 15.2. The minimum absolute atomic E-state index is 0.401. The summed E-state index contributed by atoms with van der Waals surface area (Å²) in [5.74, 6) is 0.401. The summed E-state index contributed by atoms with van der Waals surface area (Å²) in [6.45, 7) is 0. The molecule has 4 aromatic rings. The molecule has 0 fully saturated rings. The standard InChI is InChI=1S/C23H19N3O2/c24-23(27)28-22-11-13-26-21-9-7-17(15-20(21)22)18-10-12-25-19(14-18)8-6-16-4-2-1-3-5-16/h1-5,7,9-15H,6,8H2,(H2,24,27). The van der Waals surface area contributed by atoms with Crippen molar-refractivity contribution in [2.75, 3.05) is 0 Å². The number of aryl methyl sites for hydroxylation is 2. The number of primary amides is 1. The molecule has 2 heterocycles. The Morgan fingerprint density at radius 3 is 2.46 bits per heavy atom. The molecule has 28 heavy (non-hydrogen) atoms. The summed E-state index contributed by atoms with van der Waals surface area (Å²) in [5.41, 5.74) is 10.3. The average molecular weight is 369 g/mol. The van der Waals surface area contributed by atoms with Crippen LogP contribution < -0.4 is 10.5 Å². The number of nitrogens with zero attached hydrogens (tertiary/aromatic N) is 2. The molecule has 5 heteroatoms. The monoisotopic (exact) mass is 369 g/mol. The van der Waals surface area contributed by atoms with Crippen LogP contribution in [0.2, 0.25) is 0 Å². The van der Waals surface area contributed by atoms with Crippen molar-refractivity contribution in [2.45, 2.75) is 12.8 Å². The van der Waals surface area contributed by atoms with E-state index in [4.69, 9.17) is 10.5 Å². The summed E-state index contributed by atoms with van der Waals surface area (Å²) in [6.07, 6.45) is 4.38. The molecule has 138 valence electrons. The van der Waals surface area contributed by atoms with Crippen LogP contribution in [0.15, 0.2) is 79.1 Å². The third-order valence-electron chi connectivity index (χ3n) is 4.57. The molecule has 0 aliphatic rings. The van der Waals surface area contributed by atoms with Gasteiger partial charge in [-0.25, -0.2) is 4.79 Å². The number of fused-ring (bicyclic) bond motifs is 1. The number of hydrogen-bond acceptors (Lipinski definition) is 4. The SMILES string of the molecule is NC(=O)Oc1ccnc2ccc(-c3ccnc(CCc4ccccc4)c3)cc12. The normalized spacial score (nSPS) is 10.7. The number of benzene rings is 2. The van der Waals surface area contributed by atoms with Gasteiger partial charge in [0.05, 0.1) is 5.52 Å². The van der Waals surface area contributed by atoms with Crippen LogP contribution in [0.1, 0.15) is 11.3 Å². The number of aromatic nitrogens is 2. The largest absolute Gasteiger partial charge is 0.410 e. The van der Waals surface area contributed by atoms with Gasteiger partial charge >= 0.3 is 6.09 Å². The van der Waals surface area contributed by atoms with Gasteiger partial charge in [-0.3, -0.25) is 9.97 Å². The fourth-order valence-corrected chi connectivity index (χ4v) is 3.21. The molecule has 0 aliphatic heterocycles. The first kappa shape index (κ1) is 17.7. The average Bonchev–Trinajstić information content (AvgIpc) is 2.73. The Bertz CT molecular complexity index is 1130. The lowest BCUT2D eigenvalue weighted by molar-refractivity contribution is 0.211. The summed E-state index contributed by atoms with van der Waals surface area (Å²) in [4.78, 5) is 20.0. The smallest absolute Gasteiger partial charge is 0.409 e. The van der Waals surface area contributed by atoms with Gasteiger partial charge in [0.2, 0.25) is 0 Å². The van der Waals surface area contributed by atoms with Crippen LogP contribution in [0.3, 0.4) is 0 Å². The lowest BCUT2D eigenvalue weighted by Gasteiger charge is -2.09. The van der Waals surface area contributed by atoms with Crippen molar-refractivity contribution in [1.82, 2.24) is 9.97 Å². The third kappa shape index (κ3) is 3.99. The summed E-state index contributed by atoms with van der Waals surface area (Å²) in [6, 6.07) is 21.9. The van der Waals surface area contributed by atoms with Crippen LogP contribution in [0, 0.1) is 0 Å². The van der Waals surface area contributed by atoms with E-state index in [9.17, 15) is 4.79 Å². The minimum Gasteiger partial charge on any atom is -0.410 e. The van der Waals surface area contributed by atoms with Gasteiger partial charge in [-0.1, -0.05) is 36.4 Å². The first-order chi connectivity index (χ1) is 13.7. The topological polar surface area (TPSA) is 78.1 Å².